The van der Waals surface area contributed by atoms with E-state index in [4.69, 9.17) is 4.42 Å². The SMILES string of the molecule is Cc1cc2oc(=O)cc(Cn3nnn(-c4ccccc4)c3=O)c2cc1C. The summed E-state index contributed by atoms with van der Waals surface area (Å²) in [7, 11) is 0. The third-order valence-corrected chi connectivity index (χ3v) is 4.40. The van der Waals surface area contributed by atoms with Crippen LogP contribution in [0.3, 0.4) is 0 Å². The molecule has 2 heterocycles. The maximum Gasteiger partial charge on any atom is 0.368 e. The molecule has 2 aromatic carbocycles. The van der Waals surface area contributed by atoms with Crippen LogP contribution in [0.15, 0.2) is 62.5 Å². The quantitative estimate of drug-likeness (QED) is 0.530. The van der Waals surface area contributed by atoms with Crippen molar-refractivity contribution < 1.29 is 4.42 Å². The van der Waals surface area contributed by atoms with Crippen molar-refractivity contribution >= 4 is 11.0 Å². The van der Waals surface area contributed by atoms with Gasteiger partial charge in [0.05, 0.1) is 12.2 Å². The maximum atomic E-state index is 12.6. The second-order valence-electron chi connectivity index (χ2n) is 6.19. The molecule has 26 heavy (non-hydrogen) atoms. The first kappa shape index (κ1) is 16.0. The molecular weight excluding hydrogens is 332 g/mol. The lowest BCUT2D eigenvalue weighted by Crippen LogP contribution is -2.25. The first-order valence-corrected chi connectivity index (χ1v) is 8.15. The molecule has 130 valence electrons. The van der Waals surface area contributed by atoms with Gasteiger partial charge in [0, 0.05) is 11.5 Å². The van der Waals surface area contributed by atoms with E-state index in [1.54, 1.807) is 12.1 Å². The zero-order valence-corrected chi connectivity index (χ0v) is 14.3. The van der Waals surface area contributed by atoms with Crippen molar-refractivity contribution in [3.63, 3.8) is 0 Å². The molecule has 0 spiro atoms. The number of aryl methyl sites for hydroxylation is 2. The van der Waals surface area contributed by atoms with E-state index in [9.17, 15) is 9.59 Å². The van der Waals surface area contributed by atoms with Gasteiger partial charge in [0.25, 0.3) is 0 Å². The molecule has 0 saturated heterocycles. The highest BCUT2D eigenvalue weighted by Crippen LogP contribution is 2.21. The second kappa shape index (κ2) is 6.11. The first-order chi connectivity index (χ1) is 12.5. The highest BCUT2D eigenvalue weighted by molar-refractivity contribution is 5.81. The number of nitrogens with zero attached hydrogens (tertiary/aromatic N) is 4. The van der Waals surface area contributed by atoms with Crippen LogP contribution in [0.2, 0.25) is 0 Å². The summed E-state index contributed by atoms with van der Waals surface area (Å²) in [6.45, 7) is 4.08. The normalized spacial score (nSPS) is 11.2. The molecule has 4 rings (SSSR count). The van der Waals surface area contributed by atoms with E-state index < -0.39 is 5.63 Å². The Kier molecular flexibility index (Phi) is 3.76. The van der Waals surface area contributed by atoms with Gasteiger partial charge in [-0.05, 0) is 65.2 Å². The number of tetrazole rings is 1. The zero-order valence-electron chi connectivity index (χ0n) is 14.3. The molecule has 0 atom stereocenters. The lowest BCUT2D eigenvalue weighted by molar-refractivity contribution is 0.554. The van der Waals surface area contributed by atoms with E-state index in [2.05, 4.69) is 10.4 Å². The van der Waals surface area contributed by atoms with Gasteiger partial charge in [0.15, 0.2) is 0 Å². The highest BCUT2D eigenvalue weighted by Gasteiger charge is 2.13. The van der Waals surface area contributed by atoms with Crippen LogP contribution in [0, 0.1) is 13.8 Å². The topological polar surface area (TPSA) is 82.9 Å². The Hall–Kier alpha value is -3.48. The minimum atomic E-state index is -0.459. The van der Waals surface area contributed by atoms with Crippen LogP contribution in [0.5, 0.6) is 0 Å². The molecule has 0 fully saturated rings. The van der Waals surface area contributed by atoms with Crippen LogP contribution in [0.25, 0.3) is 16.7 Å². The smallest absolute Gasteiger partial charge is 0.368 e. The van der Waals surface area contributed by atoms with Gasteiger partial charge in [-0.3, -0.25) is 0 Å². The van der Waals surface area contributed by atoms with E-state index in [0.717, 1.165) is 16.5 Å². The lowest BCUT2D eigenvalue weighted by atomic mass is 10.0. The predicted octanol–water partition coefficient (Wildman–Crippen LogP) is 2.20. The largest absolute Gasteiger partial charge is 0.423 e. The van der Waals surface area contributed by atoms with Crippen LogP contribution in [-0.4, -0.2) is 19.8 Å². The van der Waals surface area contributed by atoms with Crippen LogP contribution < -0.4 is 11.3 Å². The summed E-state index contributed by atoms with van der Waals surface area (Å²) in [6, 6.07) is 14.2. The molecule has 0 aliphatic rings. The fourth-order valence-corrected chi connectivity index (χ4v) is 2.88. The summed E-state index contributed by atoms with van der Waals surface area (Å²) in [5.41, 5.74) is 3.08. The van der Waals surface area contributed by atoms with Gasteiger partial charge >= 0.3 is 11.3 Å². The van der Waals surface area contributed by atoms with Crippen LogP contribution >= 0.6 is 0 Å². The summed E-state index contributed by atoms with van der Waals surface area (Å²) in [5.74, 6) is 0. The summed E-state index contributed by atoms with van der Waals surface area (Å²) >= 11 is 0. The minimum Gasteiger partial charge on any atom is -0.423 e. The second-order valence-corrected chi connectivity index (χ2v) is 6.19. The first-order valence-electron chi connectivity index (χ1n) is 8.15. The van der Waals surface area contributed by atoms with E-state index in [0.29, 0.717) is 16.8 Å². The van der Waals surface area contributed by atoms with Crippen molar-refractivity contribution in [3.8, 4) is 5.69 Å². The third kappa shape index (κ3) is 2.73. The number of benzene rings is 2. The fraction of sp³-hybridized carbons (Fsp3) is 0.158. The third-order valence-electron chi connectivity index (χ3n) is 4.40. The van der Waals surface area contributed by atoms with Crippen molar-refractivity contribution in [2.45, 2.75) is 20.4 Å². The predicted molar refractivity (Wildman–Crippen MR) is 96.7 cm³/mol. The Balaban J connectivity index is 1.82. The molecule has 0 saturated carbocycles. The van der Waals surface area contributed by atoms with Gasteiger partial charge in [-0.2, -0.15) is 9.36 Å². The molecule has 0 aliphatic heterocycles. The van der Waals surface area contributed by atoms with E-state index in [-0.39, 0.29) is 12.2 Å². The molecule has 0 radical (unpaired) electrons. The van der Waals surface area contributed by atoms with E-state index in [1.165, 1.54) is 15.4 Å². The monoisotopic (exact) mass is 348 g/mol. The summed E-state index contributed by atoms with van der Waals surface area (Å²) in [5, 5.41) is 8.67. The molecule has 0 amide bonds. The molecule has 4 aromatic rings. The molecule has 0 bridgehead atoms. The van der Waals surface area contributed by atoms with Crippen LogP contribution in [0.4, 0.5) is 0 Å². The molecule has 2 aromatic heterocycles. The standard InChI is InChI=1S/C19H16N4O3/c1-12-8-16-14(10-18(24)26-17(16)9-13(12)2)11-22-19(25)23(21-20-22)15-6-4-3-5-7-15/h3-10H,11H2,1-2H3. The van der Waals surface area contributed by atoms with E-state index in [1.807, 2.05) is 44.2 Å². The average molecular weight is 348 g/mol. The van der Waals surface area contributed by atoms with Crippen LogP contribution in [-0.2, 0) is 6.54 Å². The Labute approximate surface area is 148 Å². The Bertz CT molecular complexity index is 1220. The maximum absolute atomic E-state index is 12.6. The van der Waals surface area contributed by atoms with Gasteiger partial charge in [-0.25, -0.2) is 9.59 Å². The summed E-state index contributed by atoms with van der Waals surface area (Å²) < 4.78 is 7.75. The van der Waals surface area contributed by atoms with Gasteiger partial charge in [-0.15, -0.1) is 0 Å². The van der Waals surface area contributed by atoms with Crippen LogP contribution in [0.1, 0.15) is 16.7 Å². The highest BCUT2D eigenvalue weighted by atomic mass is 16.4. The van der Waals surface area contributed by atoms with Crippen molar-refractivity contribution in [1.82, 2.24) is 19.8 Å². The Morgan fingerprint density at radius 3 is 2.46 bits per heavy atom. The Morgan fingerprint density at radius 1 is 0.962 bits per heavy atom. The number of rotatable bonds is 3. The van der Waals surface area contributed by atoms with Gasteiger partial charge in [0.2, 0.25) is 0 Å². The zero-order chi connectivity index (χ0) is 18.3. The number of hydrogen-bond donors (Lipinski definition) is 0. The molecule has 7 heteroatoms. The minimum absolute atomic E-state index is 0.135. The van der Waals surface area contributed by atoms with Crippen molar-refractivity contribution in [2.24, 2.45) is 0 Å². The number of para-hydroxylation sites is 1. The Morgan fingerprint density at radius 2 is 1.69 bits per heavy atom. The lowest BCUT2D eigenvalue weighted by Gasteiger charge is -2.07. The molecule has 0 aliphatic carbocycles. The molecule has 0 unspecified atom stereocenters. The van der Waals surface area contributed by atoms with Crippen molar-refractivity contribution in [2.75, 3.05) is 0 Å². The fourth-order valence-electron chi connectivity index (χ4n) is 2.88. The number of aromatic nitrogens is 4. The molecular formula is C19H16N4O3. The molecule has 0 N–H and O–H groups in total. The summed E-state index contributed by atoms with van der Waals surface area (Å²) in [4.78, 5) is 24.5. The van der Waals surface area contributed by atoms with Crippen molar-refractivity contribution in [3.05, 3.63) is 86.1 Å². The summed E-state index contributed by atoms with van der Waals surface area (Å²) in [6.07, 6.45) is 0. The molecule has 7 nitrogen and oxygen atoms in total. The average Bonchev–Trinajstić information content (AvgIpc) is 2.98. The number of fused-ring (bicyclic) bond motifs is 1. The number of hydrogen-bond acceptors (Lipinski definition) is 5. The van der Waals surface area contributed by atoms with Gasteiger partial charge < -0.3 is 4.42 Å². The van der Waals surface area contributed by atoms with Gasteiger partial charge in [-0.1, -0.05) is 18.2 Å². The van der Waals surface area contributed by atoms with Gasteiger partial charge in [0.1, 0.15) is 5.58 Å². The van der Waals surface area contributed by atoms with Crippen molar-refractivity contribution in [1.29, 1.82) is 0 Å². The van der Waals surface area contributed by atoms with E-state index >= 15 is 0 Å².